The van der Waals surface area contributed by atoms with Crippen LogP contribution in [0.25, 0.3) is 22.5 Å². The lowest BCUT2D eigenvalue weighted by Crippen LogP contribution is -2.33. The SMILES string of the molecule is CCc1ccccc1NC(=O)CNC(=O)c1cc(-c2ccco2)nc2c1cnn2C(C)C. The van der Waals surface area contributed by atoms with E-state index in [2.05, 4.69) is 20.7 Å². The van der Waals surface area contributed by atoms with Crippen LogP contribution in [0.5, 0.6) is 0 Å². The van der Waals surface area contributed by atoms with E-state index in [4.69, 9.17) is 4.42 Å². The van der Waals surface area contributed by atoms with Gasteiger partial charge in [0.15, 0.2) is 11.4 Å². The highest BCUT2D eigenvalue weighted by Crippen LogP contribution is 2.26. The van der Waals surface area contributed by atoms with Gasteiger partial charge in [0.05, 0.1) is 30.0 Å². The zero-order valence-electron chi connectivity index (χ0n) is 18.3. The van der Waals surface area contributed by atoms with E-state index >= 15 is 0 Å². The van der Waals surface area contributed by atoms with Crippen LogP contribution in [-0.4, -0.2) is 33.1 Å². The summed E-state index contributed by atoms with van der Waals surface area (Å²) in [5.41, 5.74) is 3.28. The molecule has 2 amide bonds. The van der Waals surface area contributed by atoms with Crippen molar-refractivity contribution in [1.29, 1.82) is 0 Å². The summed E-state index contributed by atoms with van der Waals surface area (Å²) in [7, 11) is 0. The normalized spacial score (nSPS) is 11.1. The number of carbonyl (C=O) groups is 2. The molecule has 3 heterocycles. The average molecular weight is 431 g/mol. The van der Waals surface area contributed by atoms with Gasteiger partial charge in [-0.05, 0) is 50.1 Å². The van der Waals surface area contributed by atoms with Crippen molar-refractivity contribution >= 4 is 28.5 Å². The first kappa shape index (κ1) is 21.3. The first-order valence-electron chi connectivity index (χ1n) is 10.6. The Kier molecular flexibility index (Phi) is 6.02. The Hall–Kier alpha value is -3.94. The van der Waals surface area contributed by atoms with Gasteiger partial charge in [-0.3, -0.25) is 9.59 Å². The van der Waals surface area contributed by atoms with E-state index in [1.165, 1.54) is 0 Å². The monoisotopic (exact) mass is 431 g/mol. The molecule has 8 heteroatoms. The summed E-state index contributed by atoms with van der Waals surface area (Å²) in [5, 5.41) is 10.6. The fraction of sp³-hybridized carbons (Fsp3) is 0.250. The number of fused-ring (bicyclic) bond motifs is 1. The van der Waals surface area contributed by atoms with Gasteiger partial charge in [-0.15, -0.1) is 0 Å². The number of carbonyl (C=O) groups excluding carboxylic acids is 2. The summed E-state index contributed by atoms with van der Waals surface area (Å²) < 4.78 is 7.24. The molecule has 0 aliphatic rings. The molecule has 32 heavy (non-hydrogen) atoms. The fourth-order valence-corrected chi connectivity index (χ4v) is 3.54. The third-order valence-electron chi connectivity index (χ3n) is 5.16. The van der Waals surface area contributed by atoms with Crippen LogP contribution >= 0.6 is 0 Å². The number of aromatic nitrogens is 3. The van der Waals surface area contributed by atoms with Crippen LogP contribution in [0, 0.1) is 0 Å². The van der Waals surface area contributed by atoms with Crippen molar-refractivity contribution in [1.82, 2.24) is 20.1 Å². The Morgan fingerprint density at radius 3 is 2.69 bits per heavy atom. The van der Waals surface area contributed by atoms with Gasteiger partial charge in [-0.1, -0.05) is 25.1 Å². The second-order valence-electron chi connectivity index (χ2n) is 7.69. The standard InChI is InChI=1S/C24H25N5O3/c1-4-16-8-5-6-9-19(16)27-22(30)14-25-24(31)17-12-20(21-10-7-11-32-21)28-23-18(17)13-26-29(23)15(2)3/h5-13,15H,4,14H2,1-3H3,(H,25,31)(H,27,30). The largest absolute Gasteiger partial charge is 0.463 e. The van der Waals surface area contributed by atoms with Crippen molar-refractivity contribution in [2.24, 2.45) is 0 Å². The number of furan rings is 1. The Morgan fingerprint density at radius 1 is 1.16 bits per heavy atom. The molecule has 0 saturated heterocycles. The maximum atomic E-state index is 13.1. The summed E-state index contributed by atoms with van der Waals surface area (Å²) in [6, 6.07) is 12.9. The minimum absolute atomic E-state index is 0.0622. The number of benzene rings is 1. The van der Waals surface area contributed by atoms with Gasteiger partial charge in [0, 0.05) is 11.7 Å². The van der Waals surface area contributed by atoms with E-state index in [-0.39, 0.29) is 24.4 Å². The number of amides is 2. The second-order valence-corrected chi connectivity index (χ2v) is 7.69. The Labute approximate surface area is 185 Å². The maximum Gasteiger partial charge on any atom is 0.252 e. The molecule has 4 aromatic rings. The van der Waals surface area contributed by atoms with E-state index in [9.17, 15) is 9.59 Å². The molecule has 0 unspecified atom stereocenters. The van der Waals surface area contributed by atoms with Crippen LogP contribution in [0.2, 0.25) is 0 Å². The predicted molar refractivity (Wildman–Crippen MR) is 122 cm³/mol. The minimum atomic E-state index is -0.382. The topological polar surface area (TPSA) is 102 Å². The number of anilines is 1. The molecule has 8 nitrogen and oxygen atoms in total. The highest BCUT2D eigenvalue weighted by atomic mass is 16.3. The van der Waals surface area contributed by atoms with Gasteiger partial charge in [-0.2, -0.15) is 5.10 Å². The van der Waals surface area contributed by atoms with Crippen molar-refractivity contribution in [3.05, 3.63) is 66.1 Å². The molecule has 0 spiro atoms. The van der Waals surface area contributed by atoms with E-state index in [1.807, 2.05) is 45.0 Å². The smallest absolute Gasteiger partial charge is 0.252 e. The number of aryl methyl sites for hydroxylation is 1. The minimum Gasteiger partial charge on any atom is -0.463 e. The summed E-state index contributed by atoms with van der Waals surface area (Å²) in [6.07, 6.45) is 3.98. The van der Waals surface area contributed by atoms with Gasteiger partial charge < -0.3 is 15.1 Å². The van der Waals surface area contributed by atoms with Crippen molar-refractivity contribution in [2.45, 2.75) is 33.2 Å². The Balaban J connectivity index is 1.58. The zero-order valence-corrected chi connectivity index (χ0v) is 18.3. The van der Waals surface area contributed by atoms with E-state index < -0.39 is 0 Å². The number of rotatable bonds is 7. The number of pyridine rings is 1. The van der Waals surface area contributed by atoms with Gasteiger partial charge in [0.25, 0.3) is 5.91 Å². The molecule has 0 radical (unpaired) electrons. The van der Waals surface area contributed by atoms with Crippen LogP contribution in [0.4, 0.5) is 5.69 Å². The first-order chi connectivity index (χ1) is 15.5. The maximum absolute atomic E-state index is 13.1. The Bertz CT molecular complexity index is 1260. The van der Waals surface area contributed by atoms with Crippen LogP contribution < -0.4 is 10.6 Å². The molecule has 0 aliphatic heterocycles. The summed E-state index contributed by atoms with van der Waals surface area (Å²) >= 11 is 0. The predicted octanol–water partition coefficient (Wildman–Crippen LogP) is 4.20. The number of nitrogens with zero attached hydrogens (tertiary/aromatic N) is 3. The molecule has 0 atom stereocenters. The fourth-order valence-electron chi connectivity index (χ4n) is 3.54. The third-order valence-corrected chi connectivity index (χ3v) is 5.16. The van der Waals surface area contributed by atoms with Gasteiger partial charge in [0.2, 0.25) is 5.91 Å². The summed E-state index contributed by atoms with van der Waals surface area (Å²) in [5.74, 6) is -0.132. The Morgan fingerprint density at radius 2 is 1.97 bits per heavy atom. The molecule has 0 aliphatic carbocycles. The van der Waals surface area contributed by atoms with Gasteiger partial charge >= 0.3 is 0 Å². The highest BCUT2D eigenvalue weighted by molar-refractivity contribution is 6.08. The van der Waals surface area contributed by atoms with Crippen LogP contribution in [-0.2, 0) is 11.2 Å². The highest BCUT2D eigenvalue weighted by Gasteiger charge is 2.20. The molecule has 164 valence electrons. The molecule has 0 bridgehead atoms. The van der Waals surface area contributed by atoms with E-state index in [1.54, 1.807) is 35.3 Å². The van der Waals surface area contributed by atoms with Crippen LogP contribution in [0.3, 0.4) is 0 Å². The third kappa shape index (κ3) is 4.25. The van der Waals surface area contributed by atoms with E-state index in [0.717, 1.165) is 17.7 Å². The van der Waals surface area contributed by atoms with E-state index in [0.29, 0.717) is 28.1 Å². The molecular weight excluding hydrogens is 406 g/mol. The average Bonchev–Trinajstić information content (AvgIpc) is 3.47. The van der Waals surface area contributed by atoms with Crippen molar-refractivity contribution in [3.8, 4) is 11.5 Å². The number of hydrogen-bond donors (Lipinski definition) is 2. The van der Waals surface area contributed by atoms with Crippen molar-refractivity contribution in [2.75, 3.05) is 11.9 Å². The quantitative estimate of drug-likeness (QED) is 0.457. The lowest BCUT2D eigenvalue weighted by molar-refractivity contribution is -0.115. The first-order valence-corrected chi connectivity index (χ1v) is 10.6. The summed E-state index contributed by atoms with van der Waals surface area (Å²) in [4.78, 5) is 30.2. The van der Waals surface area contributed by atoms with Crippen molar-refractivity contribution in [3.63, 3.8) is 0 Å². The number of nitrogens with one attached hydrogen (secondary N) is 2. The zero-order chi connectivity index (χ0) is 22.7. The lowest BCUT2D eigenvalue weighted by atomic mass is 10.1. The van der Waals surface area contributed by atoms with Gasteiger partial charge in [0.1, 0.15) is 5.69 Å². The molecule has 1 aromatic carbocycles. The summed E-state index contributed by atoms with van der Waals surface area (Å²) in [6.45, 7) is 5.85. The molecule has 0 fully saturated rings. The van der Waals surface area contributed by atoms with Crippen molar-refractivity contribution < 1.29 is 14.0 Å². The number of para-hydroxylation sites is 1. The lowest BCUT2D eigenvalue weighted by Gasteiger charge is -2.11. The second kappa shape index (κ2) is 9.05. The molecular formula is C24H25N5O3. The molecule has 3 aromatic heterocycles. The van der Waals surface area contributed by atoms with Gasteiger partial charge in [-0.25, -0.2) is 9.67 Å². The molecule has 4 rings (SSSR count). The molecule has 0 saturated carbocycles. The number of hydrogen-bond acceptors (Lipinski definition) is 5. The van der Waals surface area contributed by atoms with Crippen LogP contribution in [0.1, 0.15) is 42.7 Å². The van der Waals surface area contributed by atoms with Crippen LogP contribution in [0.15, 0.2) is 59.3 Å². The molecule has 2 N–H and O–H groups in total.